The first-order chi connectivity index (χ1) is 20.1. The van der Waals surface area contributed by atoms with Gasteiger partial charge in [0, 0.05) is 18.1 Å². The third kappa shape index (κ3) is 4.83. The normalized spacial score (nSPS) is 14.5. The second kappa shape index (κ2) is 10.9. The smallest absolute Gasteiger partial charge is 0.283 e. The Morgan fingerprint density at radius 2 is 1.57 bits per heavy atom. The molecule has 4 heterocycles. The van der Waals surface area contributed by atoms with Crippen LogP contribution >= 0.6 is 35.7 Å². The number of hydrogen-bond acceptors (Lipinski definition) is 7. The van der Waals surface area contributed by atoms with Crippen LogP contribution in [0.3, 0.4) is 0 Å². The summed E-state index contributed by atoms with van der Waals surface area (Å²) in [5, 5.41) is 0.472. The Morgan fingerprint density at radius 1 is 0.881 bits per heavy atom. The molecule has 0 unspecified atom stereocenters. The van der Waals surface area contributed by atoms with E-state index in [0.29, 0.717) is 22.1 Å². The van der Waals surface area contributed by atoms with E-state index in [9.17, 15) is 14.4 Å². The fourth-order valence-corrected chi connectivity index (χ4v) is 6.90. The van der Waals surface area contributed by atoms with Gasteiger partial charge < -0.3 is 0 Å². The van der Waals surface area contributed by atoms with Crippen LogP contribution in [0.5, 0.6) is 0 Å². The van der Waals surface area contributed by atoms with Crippen molar-refractivity contribution in [2.45, 2.75) is 30.7 Å². The molecule has 0 N–H and O–H groups in total. The Bertz CT molecular complexity index is 2060. The van der Waals surface area contributed by atoms with Crippen molar-refractivity contribution in [1.82, 2.24) is 18.7 Å². The van der Waals surface area contributed by atoms with Gasteiger partial charge in [-0.1, -0.05) is 77.7 Å². The lowest BCUT2D eigenvalue weighted by atomic mass is 10.2. The predicted octanol–water partition coefficient (Wildman–Crippen LogP) is 5.67. The SMILES string of the molecule is Cc1ccc(Sc2nc3ccc(C)cn3c(=O)c2C=C2SC(=S)N(c3c(C)n(C)n(-c4ccccc4)c3=O)C2=O)cc1. The van der Waals surface area contributed by atoms with Crippen molar-refractivity contribution in [1.29, 1.82) is 0 Å². The topological polar surface area (TPSA) is 81.6 Å². The molecular weight excluding hydrogens is 587 g/mol. The number of thiocarbonyl (C=S) groups is 1. The first-order valence-corrected chi connectivity index (χ1v) is 15.1. The van der Waals surface area contributed by atoms with Gasteiger partial charge in [-0.2, -0.15) is 0 Å². The van der Waals surface area contributed by atoms with Gasteiger partial charge >= 0.3 is 0 Å². The van der Waals surface area contributed by atoms with Gasteiger partial charge in [-0.3, -0.25) is 28.4 Å². The Labute approximate surface area is 255 Å². The summed E-state index contributed by atoms with van der Waals surface area (Å²) in [6.45, 7) is 5.68. The Kier molecular flexibility index (Phi) is 7.25. The standard InChI is InChI=1S/C31H25N5O3S3/c1-18-10-13-22(14-11-18)41-27-23(28(37)34-17-19(2)12-15-25(34)32-27)16-24-29(38)35(31(40)42-24)26-20(3)33(4)36(30(26)39)21-8-6-5-7-9-21/h5-17H,1-4H3. The molecule has 11 heteroatoms. The number of benzene rings is 2. The lowest BCUT2D eigenvalue weighted by Crippen LogP contribution is -2.33. The number of pyridine rings is 1. The number of fused-ring (bicyclic) bond motifs is 1. The highest BCUT2D eigenvalue weighted by Gasteiger charge is 2.38. The van der Waals surface area contributed by atoms with E-state index in [1.165, 1.54) is 25.7 Å². The second-order valence-electron chi connectivity index (χ2n) is 9.91. The molecule has 1 fully saturated rings. The van der Waals surface area contributed by atoms with Gasteiger partial charge in [0.1, 0.15) is 16.4 Å². The van der Waals surface area contributed by atoms with Crippen molar-refractivity contribution < 1.29 is 4.79 Å². The van der Waals surface area contributed by atoms with E-state index in [4.69, 9.17) is 17.2 Å². The molecule has 1 saturated heterocycles. The number of amides is 1. The van der Waals surface area contributed by atoms with E-state index in [0.717, 1.165) is 27.8 Å². The van der Waals surface area contributed by atoms with Gasteiger partial charge in [0.05, 0.1) is 21.8 Å². The monoisotopic (exact) mass is 611 g/mol. The number of carbonyl (C=O) groups excluding carboxylic acids is 1. The van der Waals surface area contributed by atoms with Gasteiger partial charge in [-0.15, -0.1) is 0 Å². The quantitative estimate of drug-likeness (QED) is 0.144. The molecule has 0 spiro atoms. The molecular formula is C31H25N5O3S3. The summed E-state index contributed by atoms with van der Waals surface area (Å²) in [6, 6.07) is 20.8. The van der Waals surface area contributed by atoms with E-state index in [-0.39, 0.29) is 31.6 Å². The van der Waals surface area contributed by atoms with E-state index in [2.05, 4.69) is 0 Å². The van der Waals surface area contributed by atoms with Crippen LogP contribution in [0.2, 0.25) is 0 Å². The van der Waals surface area contributed by atoms with Crippen molar-refractivity contribution in [3.8, 4) is 5.69 Å². The molecule has 0 bridgehead atoms. The zero-order valence-corrected chi connectivity index (χ0v) is 25.6. The Morgan fingerprint density at radius 3 is 2.29 bits per heavy atom. The van der Waals surface area contributed by atoms with Crippen LogP contribution < -0.4 is 16.0 Å². The fraction of sp³-hybridized carbons (Fsp3) is 0.129. The molecule has 1 aliphatic rings. The number of anilines is 1. The van der Waals surface area contributed by atoms with E-state index in [1.54, 1.807) is 37.0 Å². The lowest BCUT2D eigenvalue weighted by molar-refractivity contribution is -0.113. The Balaban J connectivity index is 1.47. The van der Waals surface area contributed by atoms with Gasteiger partial charge in [-0.25, -0.2) is 9.67 Å². The molecule has 0 saturated carbocycles. The highest BCUT2D eigenvalue weighted by atomic mass is 32.2. The van der Waals surface area contributed by atoms with Gasteiger partial charge in [0.15, 0.2) is 4.32 Å². The van der Waals surface area contributed by atoms with Crippen LogP contribution in [0.15, 0.2) is 97.3 Å². The lowest BCUT2D eigenvalue weighted by Gasteiger charge is -2.12. The van der Waals surface area contributed by atoms with Gasteiger partial charge in [0.2, 0.25) is 0 Å². The average molecular weight is 612 g/mol. The van der Waals surface area contributed by atoms with Crippen LogP contribution in [0.1, 0.15) is 22.4 Å². The van der Waals surface area contributed by atoms with Crippen molar-refractivity contribution in [2.24, 2.45) is 7.05 Å². The third-order valence-electron chi connectivity index (χ3n) is 7.02. The molecule has 0 aliphatic carbocycles. The molecule has 0 radical (unpaired) electrons. The van der Waals surface area contributed by atoms with Crippen molar-refractivity contribution in [3.05, 3.63) is 121 Å². The minimum atomic E-state index is -0.462. The number of hydrogen-bond donors (Lipinski definition) is 0. The maximum Gasteiger partial charge on any atom is 0.296 e. The zero-order chi connectivity index (χ0) is 29.7. The summed E-state index contributed by atoms with van der Waals surface area (Å²) < 4.78 is 4.91. The predicted molar refractivity (Wildman–Crippen MR) is 173 cm³/mol. The molecule has 5 aromatic rings. The van der Waals surface area contributed by atoms with Crippen LogP contribution in [-0.4, -0.2) is 29.0 Å². The summed E-state index contributed by atoms with van der Waals surface area (Å²) >= 11 is 8.04. The van der Waals surface area contributed by atoms with E-state index < -0.39 is 5.91 Å². The molecule has 3 aromatic heterocycles. The molecule has 6 rings (SSSR count). The number of nitrogens with zero attached hydrogens (tertiary/aromatic N) is 5. The third-order valence-corrected chi connectivity index (χ3v) is 9.34. The summed E-state index contributed by atoms with van der Waals surface area (Å²) in [7, 11) is 1.76. The number of thioether (sulfide) groups is 1. The van der Waals surface area contributed by atoms with Gasteiger partial charge in [-0.05, 0) is 62.7 Å². The summed E-state index contributed by atoms with van der Waals surface area (Å²) in [5.74, 6) is -0.462. The van der Waals surface area contributed by atoms with E-state index in [1.807, 2.05) is 74.5 Å². The number of carbonyl (C=O) groups is 1. The van der Waals surface area contributed by atoms with Crippen molar-refractivity contribution in [2.75, 3.05) is 4.90 Å². The number of rotatable bonds is 5. The minimum absolute atomic E-state index is 0.186. The number of aryl methyl sites for hydroxylation is 2. The van der Waals surface area contributed by atoms with Crippen molar-refractivity contribution in [3.63, 3.8) is 0 Å². The highest BCUT2D eigenvalue weighted by molar-refractivity contribution is 8.27. The summed E-state index contributed by atoms with van der Waals surface area (Å²) in [5.41, 5.74) is 3.57. The Hall–Kier alpha value is -4.19. The zero-order valence-electron chi connectivity index (χ0n) is 23.2. The minimum Gasteiger partial charge on any atom is -0.283 e. The molecule has 2 aromatic carbocycles. The molecule has 1 amide bonds. The molecule has 42 heavy (non-hydrogen) atoms. The molecule has 0 atom stereocenters. The van der Waals surface area contributed by atoms with E-state index >= 15 is 0 Å². The molecule has 1 aliphatic heterocycles. The summed E-state index contributed by atoms with van der Waals surface area (Å²) in [4.78, 5) is 48.6. The number of para-hydroxylation sites is 1. The fourth-order valence-electron chi connectivity index (χ4n) is 4.76. The average Bonchev–Trinajstić information content (AvgIpc) is 3.37. The molecule has 210 valence electrons. The van der Waals surface area contributed by atoms with Crippen LogP contribution in [0.4, 0.5) is 5.69 Å². The number of aromatic nitrogens is 4. The first kappa shape index (κ1) is 28.0. The maximum atomic E-state index is 13.9. The van der Waals surface area contributed by atoms with Gasteiger partial charge in [0.25, 0.3) is 17.0 Å². The maximum absolute atomic E-state index is 13.9. The molecule has 8 nitrogen and oxygen atoms in total. The highest BCUT2D eigenvalue weighted by Crippen LogP contribution is 2.38. The van der Waals surface area contributed by atoms with Crippen LogP contribution in [0, 0.1) is 20.8 Å². The van der Waals surface area contributed by atoms with Crippen molar-refractivity contribution >= 4 is 63.4 Å². The first-order valence-electron chi connectivity index (χ1n) is 13.0. The van der Waals surface area contributed by atoms with Crippen LogP contribution in [0.25, 0.3) is 17.4 Å². The summed E-state index contributed by atoms with van der Waals surface area (Å²) in [6.07, 6.45) is 3.28. The van der Waals surface area contributed by atoms with Crippen LogP contribution in [-0.2, 0) is 11.8 Å². The second-order valence-corrected chi connectivity index (χ2v) is 12.7. The largest absolute Gasteiger partial charge is 0.296 e.